The second-order valence-corrected chi connectivity index (χ2v) is 7.47. The highest BCUT2D eigenvalue weighted by Crippen LogP contribution is 2.25. The maximum Gasteiger partial charge on any atom is 0.255 e. The normalized spacial score (nSPS) is 19.1. The molecule has 2 N–H and O–H groups in total. The zero-order valence-electron chi connectivity index (χ0n) is 15.7. The van der Waals surface area contributed by atoms with Gasteiger partial charge >= 0.3 is 0 Å². The molecule has 4 heteroatoms. The molecule has 2 unspecified atom stereocenters. The van der Waals surface area contributed by atoms with Gasteiger partial charge in [0.05, 0.1) is 5.56 Å². The van der Waals surface area contributed by atoms with Crippen LogP contribution in [-0.4, -0.2) is 34.5 Å². The van der Waals surface area contributed by atoms with Crippen LogP contribution in [0.5, 0.6) is 0 Å². The van der Waals surface area contributed by atoms with Gasteiger partial charge < -0.3 is 15.2 Å². The number of benzene rings is 1. The summed E-state index contributed by atoms with van der Waals surface area (Å²) in [6.45, 7) is 9.83. The van der Waals surface area contributed by atoms with Crippen molar-refractivity contribution in [1.82, 2.24) is 9.47 Å². The summed E-state index contributed by atoms with van der Waals surface area (Å²) in [5, 5.41) is 0. The zero-order chi connectivity index (χ0) is 18.1. The summed E-state index contributed by atoms with van der Waals surface area (Å²) in [5.74, 6) is 0.537. The molecule has 3 rings (SSSR count). The molecule has 134 valence electrons. The molecule has 1 saturated heterocycles. The number of piperidine rings is 1. The Labute approximate surface area is 150 Å². The lowest BCUT2D eigenvalue weighted by atomic mass is 9.92. The maximum atomic E-state index is 13.1. The van der Waals surface area contributed by atoms with Gasteiger partial charge in [-0.05, 0) is 70.2 Å². The third kappa shape index (κ3) is 3.49. The number of nitrogens with two attached hydrogens (primary N) is 1. The third-order valence-electron chi connectivity index (χ3n) is 5.41. The molecule has 1 fully saturated rings. The monoisotopic (exact) mass is 339 g/mol. The van der Waals surface area contributed by atoms with Gasteiger partial charge in [-0.15, -0.1) is 0 Å². The number of rotatable bonds is 3. The first kappa shape index (κ1) is 17.7. The SMILES string of the molecule is Cc1cccc(-n2c(C)cc(C(=O)N3CCCC(C(C)N)C3)c2C)c1. The van der Waals surface area contributed by atoms with Crippen LogP contribution in [0, 0.1) is 26.7 Å². The van der Waals surface area contributed by atoms with Crippen LogP contribution in [0.2, 0.25) is 0 Å². The number of nitrogens with zero attached hydrogens (tertiary/aromatic N) is 2. The van der Waals surface area contributed by atoms with E-state index in [0.717, 1.165) is 48.6 Å². The van der Waals surface area contributed by atoms with Gasteiger partial charge in [0, 0.05) is 36.2 Å². The summed E-state index contributed by atoms with van der Waals surface area (Å²) in [6.07, 6.45) is 2.15. The molecule has 2 atom stereocenters. The fourth-order valence-corrected chi connectivity index (χ4v) is 3.94. The Bertz CT molecular complexity index is 775. The number of hydrogen-bond acceptors (Lipinski definition) is 2. The average Bonchev–Trinajstić information content (AvgIpc) is 2.88. The lowest BCUT2D eigenvalue weighted by molar-refractivity contribution is 0.0660. The molecule has 0 saturated carbocycles. The standard InChI is InChI=1S/C21H29N3O/c1-14-7-5-9-19(11-14)24-15(2)12-20(17(24)4)21(25)23-10-6-8-18(13-23)16(3)22/h5,7,9,11-12,16,18H,6,8,10,13,22H2,1-4H3. The Morgan fingerprint density at radius 3 is 2.68 bits per heavy atom. The summed E-state index contributed by atoms with van der Waals surface area (Å²) in [4.78, 5) is 15.1. The second-order valence-electron chi connectivity index (χ2n) is 7.47. The Hall–Kier alpha value is -2.07. The van der Waals surface area contributed by atoms with Gasteiger partial charge in [-0.1, -0.05) is 12.1 Å². The number of amides is 1. The van der Waals surface area contributed by atoms with E-state index in [2.05, 4.69) is 42.7 Å². The van der Waals surface area contributed by atoms with Crippen molar-refractivity contribution in [2.75, 3.05) is 13.1 Å². The fourth-order valence-electron chi connectivity index (χ4n) is 3.94. The van der Waals surface area contributed by atoms with E-state index in [4.69, 9.17) is 5.73 Å². The molecular weight excluding hydrogens is 310 g/mol. The molecule has 1 aliphatic heterocycles. The maximum absolute atomic E-state index is 13.1. The average molecular weight is 339 g/mol. The smallest absolute Gasteiger partial charge is 0.255 e. The molecule has 25 heavy (non-hydrogen) atoms. The molecule has 1 amide bonds. The number of carbonyl (C=O) groups is 1. The van der Waals surface area contributed by atoms with E-state index in [1.807, 2.05) is 24.8 Å². The minimum atomic E-state index is 0.135. The van der Waals surface area contributed by atoms with Gasteiger partial charge in [0.1, 0.15) is 0 Å². The first-order valence-electron chi connectivity index (χ1n) is 9.19. The molecule has 0 radical (unpaired) electrons. The van der Waals surface area contributed by atoms with Crippen LogP contribution in [-0.2, 0) is 0 Å². The summed E-state index contributed by atoms with van der Waals surface area (Å²) in [6, 6.07) is 10.6. The molecule has 0 spiro atoms. The summed E-state index contributed by atoms with van der Waals surface area (Å²) in [7, 11) is 0. The predicted octanol–water partition coefficient (Wildman–Crippen LogP) is 3.60. The van der Waals surface area contributed by atoms with Gasteiger partial charge in [0.2, 0.25) is 0 Å². The Balaban J connectivity index is 1.91. The van der Waals surface area contributed by atoms with Crippen LogP contribution in [0.3, 0.4) is 0 Å². The second kappa shape index (κ2) is 7.04. The van der Waals surface area contributed by atoms with E-state index in [1.165, 1.54) is 5.56 Å². The third-order valence-corrected chi connectivity index (χ3v) is 5.41. The van der Waals surface area contributed by atoms with Crippen molar-refractivity contribution in [3.8, 4) is 5.69 Å². The van der Waals surface area contributed by atoms with E-state index in [9.17, 15) is 4.79 Å². The Kier molecular flexibility index (Phi) is 5.00. The fraction of sp³-hybridized carbons (Fsp3) is 0.476. The number of aromatic nitrogens is 1. The first-order valence-corrected chi connectivity index (χ1v) is 9.19. The van der Waals surface area contributed by atoms with Gasteiger partial charge in [0.15, 0.2) is 0 Å². The molecule has 2 heterocycles. The molecule has 1 aliphatic rings. The van der Waals surface area contributed by atoms with E-state index >= 15 is 0 Å². The van der Waals surface area contributed by atoms with Crippen LogP contribution >= 0.6 is 0 Å². The lowest BCUT2D eigenvalue weighted by Gasteiger charge is -2.34. The van der Waals surface area contributed by atoms with Gasteiger partial charge in [0.25, 0.3) is 5.91 Å². The van der Waals surface area contributed by atoms with E-state index in [-0.39, 0.29) is 11.9 Å². The number of carbonyl (C=O) groups excluding carboxylic acids is 1. The van der Waals surface area contributed by atoms with Crippen molar-refractivity contribution in [3.63, 3.8) is 0 Å². The van der Waals surface area contributed by atoms with Gasteiger partial charge in [-0.2, -0.15) is 0 Å². The van der Waals surface area contributed by atoms with Crippen LogP contribution in [0.15, 0.2) is 30.3 Å². The molecule has 2 aromatic rings. The minimum absolute atomic E-state index is 0.135. The van der Waals surface area contributed by atoms with Crippen molar-refractivity contribution in [3.05, 3.63) is 52.8 Å². The van der Waals surface area contributed by atoms with Crippen molar-refractivity contribution in [2.24, 2.45) is 11.7 Å². The zero-order valence-corrected chi connectivity index (χ0v) is 15.7. The quantitative estimate of drug-likeness (QED) is 0.929. The number of likely N-dealkylation sites (tertiary alicyclic amines) is 1. The molecule has 0 bridgehead atoms. The first-order chi connectivity index (χ1) is 11.9. The molecular formula is C21H29N3O. The summed E-state index contributed by atoms with van der Waals surface area (Å²) < 4.78 is 2.17. The van der Waals surface area contributed by atoms with Crippen LogP contribution in [0.4, 0.5) is 0 Å². The van der Waals surface area contributed by atoms with Crippen LogP contribution < -0.4 is 5.73 Å². The van der Waals surface area contributed by atoms with Crippen LogP contribution in [0.1, 0.15) is 47.1 Å². The molecule has 4 nitrogen and oxygen atoms in total. The molecule has 1 aromatic heterocycles. The highest BCUT2D eigenvalue weighted by atomic mass is 16.2. The topological polar surface area (TPSA) is 51.3 Å². The number of hydrogen-bond donors (Lipinski definition) is 1. The van der Waals surface area contributed by atoms with Crippen LogP contribution in [0.25, 0.3) is 5.69 Å². The number of aryl methyl sites for hydroxylation is 2. The highest BCUT2D eigenvalue weighted by Gasteiger charge is 2.28. The minimum Gasteiger partial charge on any atom is -0.338 e. The summed E-state index contributed by atoms with van der Waals surface area (Å²) >= 11 is 0. The highest BCUT2D eigenvalue weighted by molar-refractivity contribution is 5.96. The predicted molar refractivity (Wildman–Crippen MR) is 102 cm³/mol. The van der Waals surface area contributed by atoms with Crippen molar-refractivity contribution < 1.29 is 4.79 Å². The molecule has 0 aliphatic carbocycles. The lowest BCUT2D eigenvalue weighted by Crippen LogP contribution is -2.45. The Morgan fingerprint density at radius 1 is 1.24 bits per heavy atom. The molecule has 1 aromatic carbocycles. The summed E-state index contributed by atoms with van der Waals surface area (Å²) in [5.41, 5.74) is 11.3. The van der Waals surface area contributed by atoms with Crippen molar-refractivity contribution in [1.29, 1.82) is 0 Å². The van der Waals surface area contributed by atoms with E-state index in [1.54, 1.807) is 0 Å². The Morgan fingerprint density at radius 2 is 2.00 bits per heavy atom. The van der Waals surface area contributed by atoms with E-state index in [0.29, 0.717) is 5.92 Å². The largest absolute Gasteiger partial charge is 0.338 e. The van der Waals surface area contributed by atoms with Gasteiger partial charge in [-0.3, -0.25) is 4.79 Å². The van der Waals surface area contributed by atoms with Gasteiger partial charge in [-0.25, -0.2) is 0 Å². The van der Waals surface area contributed by atoms with E-state index < -0.39 is 0 Å². The van der Waals surface area contributed by atoms with Crippen molar-refractivity contribution >= 4 is 5.91 Å². The van der Waals surface area contributed by atoms with Crippen molar-refractivity contribution in [2.45, 2.75) is 46.6 Å².